The molecule has 1 atom stereocenters. The van der Waals surface area contributed by atoms with Crippen LogP contribution in [0.5, 0.6) is 0 Å². The largest absolute Gasteiger partial charge is 0.282 e. The Bertz CT molecular complexity index is 88.5. The van der Waals surface area contributed by atoms with E-state index in [2.05, 4.69) is 12.6 Å². The third-order valence-electron chi connectivity index (χ3n) is 1.37. The van der Waals surface area contributed by atoms with Gasteiger partial charge in [0, 0.05) is 5.92 Å². The molecule has 2 heteroatoms. The van der Waals surface area contributed by atoms with Gasteiger partial charge in [0.2, 0.25) is 5.12 Å². The van der Waals surface area contributed by atoms with Gasteiger partial charge in [0.1, 0.15) is 0 Å². The minimum Gasteiger partial charge on any atom is -0.282 e. The molecule has 47 valence electrons. The lowest BCUT2D eigenvalue weighted by Gasteiger charge is -2.07. The molecule has 0 N–H and O–H groups in total. The Morgan fingerprint density at radius 3 is 1.75 bits per heavy atom. The van der Waals surface area contributed by atoms with Crippen molar-refractivity contribution in [1.82, 2.24) is 0 Å². The van der Waals surface area contributed by atoms with Crippen molar-refractivity contribution in [3.63, 3.8) is 0 Å². The van der Waals surface area contributed by atoms with E-state index in [1.54, 1.807) is 0 Å². The molecule has 0 spiro atoms. The van der Waals surface area contributed by atoms with Gasteiger partial charge in [0.25, 0.3) is 0 Å². The van der Waals surface area contributed by atoms with E-state index in [-0.39, 0.29) is 11.0 Å². The molecule has 0 saturated carbocycles. The zero-order valence-corrected chi connectivity index (χ0v) is 6.29. The molecule has 0 aliphatic heterocycles. The van der Waals surface area contributed by atoms with Gasteiger partial charge in [-0.05, 0) is 18.5 Å². The molecule has 0 aromatic carbocycles. The molecule has 8 heavy (non-hydrogen) atoms. The second-order valence-corrected chi connectivity index (χ2v) is 2.75. The van der Waals surface area contributed by atoms with Gasteiger partial charge in [-0.25, -0.2) is 0 Å². The van der Waals surface area contributed by atoms with Crippen LogP contribution in [0.3, 0.4) is 0 Å². The van der Waals surface area contributed by atoms with Crippen LogP contribution in [0.25, 0.3) is 0 Å². The average molecular weight is 131 g/mol. The van der Waals surface area contributed by atoms with Crippen LogP contribution < -0.4 is 0 Å². The van der Waals surface area contributed by atoms with Gasteiger partial charge in [0.15, 0.2) is 0 Å². The van der Waals surface area contributed by atoms with Gasteiger partial charge in [-0.15, -0.1) is 0 Å². The Morgan fingerprint density at radius 1 is 1.38 bits per heavy atom. The predicted octanol–water partition coefficient (Wildman–Crippen LogP) is 2.00. The zero-order valence-electron chi connectivity index (χ0n) is 5.47. The zero-order chi connectivity index (χ0) is 6.73. The van der Waals surface area contributed by atoms with Crippen LogP contribution in [0.1, 0.15) is 20.8 Å². The summed E-state index contributed by atoms with van der Waals surface area (Å²) >= 11 is 4.44. The van der Waals surface area contributed by atoms with Crippen LogP contribution in [0.15, 0.2) is 0 Å². The summed E-state index contributed by atoms with van der Waals surface area (Å²) in [5.41, 5.74) is 0. The smallest absolute Gasteiger partial charge is 0.221 e. The van der Waals surface area contributed by atoms with Crippen molar-refractivity contribution in [3.05, 3.63) is 0 Å². The summed E-state index contributed by atoms with van der Waals surface area (Å²) in [5, 5.41) is -0.125. The molecule has 0 saturated heterocycles. The Balaban J connectivity index is 3.64. The normalized spacial score (nSPS) is 14.0. The predicted molar refractivity (Wildman–Crippen MR) is 36.6 cm³/mol. The third kappa shape index (κ3) is 2.26. The van der Waals surface area contributed by atoms with Crippen molar-refractivity contribution in [2.45, 2.75) is 20.8 Å². The molecule has 0 fully saturated rings. The van der Waals surface area contributed by atoms with Crippen molar-refractivity contribution in [2.75, 3.05) is 0 Å². The van der Waals surface area contributed by atoms with Gasteiger partial charge < -0.3 is 0 Å². The van der Waals surface area contributed by atoms with Gasteiger partial charge >= 0.3 is 0 Å². The number of rotatable bonds is 2. The van der Waals surface area contributed by atoms with Crippen molar-refractivity contribution < 1.29 is 4.79 Å². The summed E-state index contributed by atoms with van der Waals surface area (Å²) < 4.78 is 0. The molecule has 1 radical (unpaired) electrons. The van der Waals surface area contributed by atoms with E-state index < -0.39 is 0 Å². The topological polar surface area (TPSA) is 17.1 Å². The second-order valence-electron chi connectivity index (χ2n) is 2.35. The number of hydrogen-bond acceptors (Lipinski definition) is 1. The highest BCUT2D eigenvalue weighted by atomic mass is 32.1. The number of hydrogen-bond donors (Lipinski definition) is 0. The molecular weight excluding hydrogens is 120 g/mol. The van der Waals surface area contributed by atoms with Gasteiger partial charge in [0.05, 0.1) is 0 Å². The van der Waals surface area contributed by atoms with Crippen LogP contribution in [0.2, 0.25) is 0 Å². The first-order valence-electron chi connectivity index (χ1n) is 2.76. The van der Waals surface area contributed by atoms with Gasteiger partial charge in [-0.3, -0.25) is 4.79 Å². The number of carbonyl (C=O) groups is 1. The van der Waals surface area contributed by atoms with E-state index in [4.69, 9.17) is 0 Å². The van der Waals surface area contributed by atoms with E-state index >= 15 is 0 Å². The van der Waals surface area contributed by atoms with E-state index in [0.717, 1.165) is 0 Å². The molecular formula is C6H11OS. The lowest BCUT2D eigenvalue weighted by Crippen LogP contribution is -2.10. The van der Waals surface area contributed by atoms with E-state index in [9.17, 15) is 4.79 Å². The van der Waals surface area contributed by atoms with Crippen LogP contribution in [-0.2, 0) is 4.79 Å². The molecule has 0 aliphatic carbocycles. The van der Waals surface area contributed by atoms with Crippen LogP contribution in [0, 0.1) is 11.8 Å². The fourth-order valence-electron chi connectivity index (χ4n) is 0.272. The van der Waals surface area contributed by atoms with E-state index in [1.165, 1.54) is 0 Å². The summed E-state index contributed by atoms with van der Waals surface area (Å²) in [6.07, 6.45) is 0. The Labute approximate surface area is 55.9 Å². The summed E-state index contributed by atoms with van der Waals surface area (Å²) in [6.45, 7) is 5.85. The van der Waals surface area contributed by atoms with Crippen LogP contribution in [0.4, 0.5) is 0 Å². The molecule has 1 nitrogen and oxygen atoms in total. The fourth-order valence-corrected chi connectivity index (χ4v) is 0.544. The van der Waals surface area contributed by atoms with Crippen molar-refractivity contribution in [1.29, 1.82) is 0 Å². The minimum atomic E-state index is -0.125. The maximum absolute atomic E-state index is 10.4. The lowest BCUT2D eigenvalue weighted by atomic mass is 10.0. The summed E-state index contributed by atoms with van der Waals surface area (Å²) in [4.78, 5) is 10.4. The second kappa shape index (κ2) is 3.02. The van der Waals surface area contributed by atoms with Crippen molar-refractivity contribution in [3.8, 4) is 0 Å². The lowest BCUT2D eigenvalue weighted by molar-refractivity contribution is -0.114. The summed E-state index contributed by atoms with van der Waals surface area (Å²) in [7, 11) is 0. The average Bonchev–Trinajstić information content (AvgIpc) is 1.64. The number of carbonyl (C=O) groups excluding carboxylic acids is 1. The summed E-state index contributed by atoms with van der Waals surface area (Å²) in [6, 6.07) is 0. The Morgan fingerprint density at radius 2 is 1.75 bits per heavy atom. The maximum Gasteiger partial charge on any atom is 0.221 e. The van der Waals surface area contributed by atoms with E-state index in [1.807, 2.05) is 20.8 Å². The maximum atomic E-state index is 10.4. The van der Waals surface area contributed by atoms with Gasteiger partial charge in [-0.1, -0.05) is 20.8 Å². The summed E-state index contributed by atoms with van der Waals surface area (Å²) in [5.74, 6) is 0.435. The third-order valence-corrected chi connectivity index (χ3v) is 1.74. The Hall–Kier alpha value is -0.110. The monoisotopic (exact) mass is 131 g/mol. The van der Waals surface area contributed by atoms with Crippen molar-refractivity contribution >= 4 is 17.7 Å². The fraction of sp³-hybridized carbons (Fsp3) is 0.833. The highest BCUT2D eigenvalue weighted by Crippen LogP contribution is 2.11. The molecule has 1 unspecified atom stereocenters. The molecule has 0 amide bonds. The Kier molecular flexibility index (Phi) is 2.98. The molecule has 0 bridgehead atoms. The minimum absolute atomic E-state index is 0.0463. The molecule has 0 aliphatic rings. The SMILES string of the molecule is CC(C)C(C)C(=O)[S]. The van der Waals surface area contributed by atoms with Crippen LogP contribution in [-0.4, -0.2) is 5.12 Å². The standard InChI is InChI=1S/C6H11OS/c1-4(2)5(3)6(7)8/h4-5H,1-3H3. The molecule has 0 rings (SSSR count). The van der Waals surface area contributed by atoms with Gasteiger partial charge in [-0.2, -0.15) is 0 Å². The van der Waals surface area contributed by atoms with Crippen molar-refractivity contribution in [2.24, 2.45) is 11.8 Å². The van der Waals surface area contributed by atoms with Crippen LogP contribution >= 0.6 is 12.6 Å². The highest BCUT2D eigenvalue weighted by Gasteiger charge is 2.12. The first kappa shape index (κ1) is 7.89. The van der Waals surface area contributed by atoms with E-state index in [0.29, 0.717) is 5.92 Å². The molecule has 0 heterocycles. The molecule has 0 aromatic heterocycles. The quantitative estimate of drug-likeness (QED) is 0.560. The highest BCUT2D eigenvalue weighted by molar-refractivity contribution is 7.96. The first-order valence-corrected chi connectivity index (χ1v) is 3.17. The first-order chi connectivity index (χ1) is 3.55. The molecule has 0 aromatic rings.